The molecule has 0 N–H and O–H groups in total. The maximum Gasteiger partial charge on any atom is 0.224 e. The number of benzene rings is 1. The lowest BCUT2D eigenvalue weighted by molar-refractivity contribution is 0.249. The molecule has 0 unspecified atom stereocenters. The molecule has 2 aromatic heterocycles. The molecule has 110 valence electrons. The van der Waals surface area contributed by atoms with Gasteiger partial charge >= 0.3 is 0 Å². The van der Waals surface area contributed by atoms with Crippen molar-refractivity contribution in [2.45, 2.75) is 12.8 Å². The van der Waals surface area contributed by atoms with Gasteiger partial charge in [-0.2, -0.15) is 0 Å². The van der Waals surface area contributed by atoms with Crippen molar-refractivity contribution >= 4 is 28.0 Å². The maximum absolute atomic E-state index is 6.03. The minimum atomic E-state index is 0.620. The van der Waals surface area contributed by atoms with Gasteiger partial charge in [-0.15, -0.1) is 11.3 Å². The van der Waals surface area contributed by atoms with E-state index < -0.39 is 0 Å². The van der Waals surface area contributed by atoms with E-state index in [2.05, 4.69) is 40.7 Å². The van der Waals surface area contributed by atoms with Crippen LogP contribution in [0.1, 0.15) is 18.7 Å². The lowest BCUT2D eigenvalue weighted by Gasteiger charge is -2.37. The highest BCUT2D eigenvalue weighted by atomic mass is 32.1. The van der Waals surface area contributed by atoms with Gasteiger partial charge < -0.3 is 9.32 Å². The third-order valence-electron chi connectivity index (χ3n) is 4.73. The van der Waals surface area contributed by atoms with Gasteiger partial charge in [0.15, 0.2) is 5.58 Å². The molecule has 0 atom stereocenters. The first-order valence-electron chi connectivity index (χ1n) is 7.77. The zero-order valence-corrected chi connectivity index (χ0v) is 13.0. The lowest BCUT2D eigenvalue weighted by Crippen LogP contribution is -2.35. The quantitative estimate of drug-likeness (QED) is 0.691. The number of aromatic nitrogens is 1. The Hall–Kier alpha value is -2.07. The lowest BCUT2D eigenvalue weighted by atomic mass is 9.86. The molecule has 0 amide bonds. The Bertz CT molecular complexity index is 854. The summed E-state index contributed by atoms with van der Waals surface area (Å²) in [4.78, 5) is 8.43. The molecule has 2 bridgehead atoms. The fourth-order valence-electron chi connectivity index (χ4n) is 3.52. The van der Waals surface area contributed by atoms with Crippen LogP contribution in [0, 0.1) is 5.92 Å². The number of nitrogens with zero attached hydrogens (tertiary/aromatic N) is 2. The molecule has 6 rings (SSSR count). The first-order valence-corrected chi connectivity index (χ1v) is 8.65. The summed E-state index contributed by atoms with van der Waals surface area (Å²) in [5.41, 5.74) is 4.34. The molecule has 0 spiro atoms. The predicted molar refractivity (Wildman–Crippen MR) is 89.6 cm³/mol. The second-order valence-electron chi connectivity index (χ2n) is 6.07. The predicted octanol–water partition coefficient (Wildman–Crippen LogP) is 4.62. The first kappa shape index (κ1) is 12.5. The molecule has 1 aromatic carbocycles. The summed E-state index contributed by atoms with van der Waals surface area (Å²) < 4.78 is 6.03. The van der Waals surface area contributed by atoms with Gasteiger partial charge in [-0.05, 0) is 54.0 Å². The third-order valence-corrected chi connectivity index (χ3v) is 5.65. The van der Waals surface area contributed by atoms with Crippen molar-refractivity contribution in [3.63, 3.8) is 0 Å². The van der Waals surface area contributed by atoms with E-state index in [0.29, 0.717) is 5.92 Å². The van der Waals surface area contributed by atoms with E-state index >= 15 is 0 Å². The van der Waals surface area contributed by atoms with Crippen molar-refractivity contribution in [1.82, 2.24) is 9.88 Å². The van der Waals surface area contributed by atoms with Crippen LogP contribution in [0.4, 0.5) is 0 Å². The average molecular weight is 308 g/mol. The normalized spacial score (nSPS) is 18.2. The molecular formula is C18H16N2OS. The summed E-state index contributed by atoms with van der Waals surface area (Å²) in [5, 5.41) is 2.10. The molecule has 5 heterocycles. The van der Waals surface area contributed by atoms with Gasteiger partial charge in [0.2, 0.25) is 5.89 Å². The minimum absolute atomic E-state index is 0.620. The Kier molecular flexibility index (Phi) is 2.67. The number of piperidine rings is 1. The summed E-state index contributed by atoms with van der Waals surface area (Å²) in [6.45, 7) is 2.36. The summed E-state index contributed by atoms with van der Waals surface area (Å²) in [6, 6.07) is 10.5. The Morgan fingerprint density at radius 2 is 2.09 bits per heavy atom. The fourth-order valence-corrected chi connectivity index (χ4v) is 4.24. The summed E-state index contributed by atoms with van der Waals surface area (Å²) in [7, 11) is 0. The maximum atomic E-state index is 6.03. The van der Waals surface area contributed by atoms with Crippen LogP contribution in [0.2, 0.25) is 0 Å². The first-order chi connectivity index (χ1) is 10.9. The Labute approximate surface area is 132 Å². The molecule has 22 heavy (non-hydrogen) atoms. The highest BCUT2D eigenvalue weighted by Gasteiger charge is 2.30. The van der Waals surface area contributed by atoms with Crippen LogP contribution >= 0.6 is 11.3 Å². The van der Waals surface area contributed by atoms with E-state index in [-0.39, 0.29) is 0 Å². The Morgan fingerprint density at radius 1 is 1.18 bits per heavy atom. The number of thiophene rings is 1. The van der Waals surface area contributed by atoms with Gasteiger partial charge in [-0.1, -0.05) is 6.07 Å². The van der Waals surface area contributed by atoms with Crippen LogP contribution in [0.3, 0.4) is 0 Å². The van der Waals surface area contributed by atoms with Crippen molar-refractivity contribution in [2.24, 2.45) is 5.92 Å². The van der Waals surface area contributed by atoms with Crippen LogP contribution in [0.15, 0.2) is 46.3 Å². The van der Waals surface area contributed by atoms with E-state index in [1.54, 1.807) is 11.3 Å². The average Bonchev–Trinajstić information content (AvgIpc) is 3.24. The van der Waals surface area contributed by atoms with E-state index in [4.69, 9.17) is 9.40 Å². The fraction of sp³-hybridized carbons (Fsp3) is 0.278. The van der Waals surface area contributed by atoms with Crippen molar-refractivity contribution in [3.05, 3.63) is 47.8 Å². The van der Waals surface area contributed by atoms with E-state index in [9.17, 15) is 0 Å². The van der Waals surface area contributed by atoms with E-state index in [1.807, 2.05) is 6.07 Å². The number of rotatable bonds is 2. The number of hydrogen-bond acceptors (Lipinski definition) is 4. The van der Waals surface area contributed by atoms with Crippen LogP contribution in [-0.4, -0.2) is 23.0 Å². The molecule has 0 aliphatic carbocycles. The van der Waals surface area contributed by atoms with Crippen LogP contribution in [0.25, 0.3) is 27.1 Å². The second kappa shape index (κ2) is 4.71. The summed E-state index contributed by atoms with van der Waals surface area (Å²) in [5.74, 6) is 1.43. The molecule has 3 nitrogen and oxygen atoms in total. The SMILES string of the molecule is C1=C(c2nc3cc(-c4cccs4)ccc3o2)C2CCN1CC2. The van der Waals surface area contributed by atoms with Crippen LogP contribution in [0.5, 0.6) is 0 Å². The number of allylic oxidation sites excluding steroid dienone is 1. The molecule has 0 radical (unpaired) electrons. The summed E-state index contributed by atoms with van der Waals surface area (Å²) in [6.07, 6.45) is 4.71. The molecule has 3 aliphatic rings. The third kappa shape index (κ3) is 1.91. The van der Waals surface area contributed by atoms with Crippen molar-refractivity contribution < 1.29 is 4.42 Å². The standard InChI is InChI=1S/C18H16N2OS/c1-2-17(22-9-1)13-3-4-16-15(10-13)19-18(21-16)14-11-20-7-5-12(14)6-8-20/h1-4,9-12H,5-8H2. The van der Waals surface area contributed by atoms with Crippen molar-refractivity contribution in [2.75, 3.05) is 13.1 Å². The molecule has 1 saturated heterocycles. The second-order valence-corrected chi connectivity index (χ2v) is 7.02. The topological polar surface area (TPSA) is 29.3 Å². The molecule has 3 aromatic rings. The zero-order chi connectivity index (χ0) is 14.5. The van der Waals surface area contributed by atoms with Crippen LogP contribution < -0.4 is 0 Å². The number of oxazole rings is 1. The van der Waals surface area contributed by atoms with Crippen molar-refractivity contribution in [1.29, 1.82) is 0 Å². The number of fused-ring (bicyclic) bond motifs is 3. The van der Waals surface area contributed by atoms with Gasteiger partial charge in [0, 0.05) is 29.7 Å². The van der Waals surface area contributed by atoms with Gasteiger partial charge in [-0.3, -0.25) is 0 Å². The van der Waals surface area contributed by atoms with E-state index in [0.717, 1.165) is 17.0 Å². The largest absolute Gasteiger partial charge is 0.436 e. The molecule has 1 fully saturated rings. The van der Waals surface area contributed by atoms with Crippen molar-refractivity contribution in [3.8, 4) is 10.4 Å². The van der Waals surface area contributed by atoms with Gasteiger partial charge in [-0.25, -0.2) is 4.98 Å². The van der Waals surface area contributed by atoms with Gasteiger partial charge in [0.1, 0.15) is 5.52 Å². The molecule has 0 saturated carbocycles. The molecular weight excluding hydrogens is 292 g/mol. The Balaban J connectivity index is 1.59. The van der Waals surface area contributed by atoms with Crippen LogP contribution in [-0.2, 0) is 0 Å². The zero-order valence-electron chi connectivity index (χ0n) is 12.2. The van der Waals surface area contributed by atoms with E-state index in [1.165, 1.54) is 41.9 Å². The van der Waals surface area contributed by atoms with Gasteiger partial charge in [0.25, 0.3) is 0 Å². The Morgan fingerprint density at radius 3 is 2.82 bits per heavy atom. The summed E-state index contributed by atoms with van der Waals surface area (Å²) >= 11 is 1.75. The van der Waals surface area contributed by atoms with Gasteiger partial charge in [0.05, 0.1) is 0 Å². The highest BCUT2D eigenvalue weighted by molar-refractivity contribution is 7.13. The monoisotopic (exact) mass is 308 g/mol. The minimum Gasteiger partial charge on any atom is -0.436 e. The molecule has 4 heteroatoms. The smallest absolute Gasteiger partial charge is 0.224 e. The molecule has 3 aliphatic heterocycles. The highest BCUT2D eigenvalue weighted by Crippen LogP contribution is 2.38. The number of hydrogen-bond donors (Lipinski definition) is 0.